The number of carbonyl (C=O) groups excluding carboxylic acids is 2. The number of hydrogen-bond donors (Lipinski definition) is 3. The number of carboxylic acids is 1. The van der Waals surface area contributed by atoms with Crippen LogP contribution in [0.3, 0.4) is 0 Å². The second-order valence-corrected chi connectivity index (χ2v) is 6.89. The van der Waals surface area contributed by atoms with Crippen LogP contribution < -0.4 is 10.6 Å². The molecule has 0 spiro atoms. The molecule has 7 nitrogen and oxygen atoms in total. The molecule has 1 aromatic heterocycles. The molecular formula is C16H25N3O4S. The Morgan fingerprint density at radius 3 is 2.42 bits per heavy atom. The average Bonchev–Trinajstić information content (AvgIpc) is 2.95. The highest BCUT2D eigenvalue weighted by Gasteiger charge is 2.35. The third-order valence-corrected chi connectivity index (χ3v) is 4.89. The molecule has 0 bridgehead atoms. The fraction of sp³-hybridized carbons (Fsp3) is 0.625. The predicted molar refractivity (Wildman–Crippen MR) is 92.9 cm³/mol. The molecular weight excluding hydrogens is 330 g/mol. The van der Waals surface area contributed by atoms with Gasteiger partial charge in [0, 0.05) is 17.8 Å². The van der Waals surface area contributed by atoms with Crippen molar-refractivity contribution < 1.29 is 19.5 Å². The number of nitrogens with one attached hydrogen (secondary N) is 2. The van der Waals surface area contributed by atoms with E-state index in [0.29, 0.717) is 23.7 Å². The van der Waals surface area contributed by atoms with Gasteiger partial charge in [-0.05, 0) is 12.8 Å². The van der Waals surface area contributed by atoms with Crippen LogP contribution in [0.4, 0.5) is 5.13 Å². The second kappa shape index (κ2) is 8.77. The molecule has 0 saturated heterocycles. The normalized spacial score (nSPS) is 11.4. The lowest BCUT2D eigenvalue weighted by atomic mass is 9.82. The summed E-state index contributed by atoms with van der Waals surface area (Å²) in [5.74, 6) is -1.46. The molecule has 0 aliphatic heterocycles. The summed E-state index contributed by atoms with van der Waals surface area (Å²) in [6, 6.07) is 0. The van der Waals surface area contributed by atoms with Crippen molar-refractivity contribution in [3.8, 4) is 0 Å². The minimum absolute atomic E-state index is 0.0528. The topological polar surface area (TPSA) is 108 Å². The number of nitrogens with zero attached hydrogens (tertiary/aromatic N) is 1. The van der Waals surface area contributed by atoms with E-state index in [4.69, 9.17) is 0 Å². The summed E-state index contributed by atoms with van der Waals surface area (Å²) in [6.07, 6.45) is 0.944. The molecule has 1 heterocycles. The number of carboxylic acid groups (broad SMARTS) is 1. The zero-order valence-electron chi connectivity index (χ0n) is 14.5. The Hall–Kier alpha value is -1.96. The Morgan fingerprint density at radius 2 is 1.92 bits per heavy atom. The standard InChI is InChI=1S/C16H25N3O4S/c1-5-16(6-2,14(22)23)9-17-12(20)7-11-8-24-15(18-11)19-13(21)10(3)4/h8,10H,5-7,9H2,1-4H3,(H,17,20)(H,22,23)(H,18,19,21). The second-order valence-electron chi connectivity index (χ2n) is 6.03. The summed E-state index contributed by atoms with van der Waals surface area (Å²) in [7, 11) is 0. The summed E-state index contributed by atoms with van der Waals surface area (Å²) in [5, 5.41) is 16.9. The van der Waals surface area contributed by atoms with Gasteiger partial charge in [-0.1, -0.05) is 27.7 Å². The summed E-state index contributed by atoms with van der Waals surface area (Å²) in [4.78, 5) is 39.2. The maximum atomic E-state index is 12.0. The van der Waals surface area contributed by atoms with Crippen LogP contribution in [0.25, 0.3) is 0 Å². The Bertz CT molecular complexity index is 594. The first-order chi connectivity index (χ1) is 11.2. The molecule has 0 unspecified atom stereocenters. The third kappa shape index (κ3) is 5.30. The van der Waals surface area contributed by atoms with E-state index < -0.39 is 11.4 Å². The van der Waals surface area contributed by atoms with E-state index in [1.807, 2.05) is 0 Å². The van der Waals surface area contributed by atoms with Crippen LogP contribution in [0, 0.1) is 11.3 Å². The molecule has 24 heavy (non-hydrogen) atoms. The first kappa shape index (κ1) is 20.1. The number of amides is 2. The highest BCUT2D eigenvalue weighted by Crippen LogP contribution is 2.25. The molecule has 0 fully saturated rings. The third-order valence-electron chi connectivity index (χ3n) is 4.08. The van der Waals surface area contributed by atoms with Crippen molar-refractivity contribution in [1.29, 1.82) is 0 Å². The van der Waals surface area contributed by atoms with E-state index in [2.05, 4.69) is 15.6 Å². The maximum Gasteiger partial charge on any atom is 0.311 e. The molecule has 1 aromatic rings. The van der Waals surface area contributed by atoms with Crippen LogP contribution >= 0.6 is 11.3 Å². The molecule has 0 radical (unpaired) electrons. The van der Waals surface area contributed by atoms with Crippen LogP contribution in [-0.4, -0.2) is 34.4 Å². The Morgan fingerprint density at radius 1 is 1.29 bits per heavy atom. The molecule has 134 valence electrons. The minimum Gasteiger partial charge on any atom is -0.481 e. The van der Waals surface area contributed by atoms with Gasteiger partial charge in [-0.3, -0.25) is 14.4 Å². The van der Waals surface area contributed by atoms with Crippen molar-refractivity contribution in [3.63, 3.8) is 0 Å². The van der Waals surface area contributed by atoms with Gasteiger partial charge in [-0.25, -0.2) is 4.98 Å². The number of aromatic nitrogens is 1. The lowest BCUT2D eigenvalue weighted by Gasteiger charge is -2.26. The molecule has 0 saturated carbocycles. The molecule has 1 rings (SSSR count). The largest absolute Gasteiger partial charge is 0.481 e. The van der Waals surface area contributed by atoms with E-state index in [1.54, 1.807) is 33.1 Å². The molecule has 0 aromatic carbocycles. The minimum atomic E-state index is -0.936. The van der Waals surface area contributed by atoms with Crippen LogP contribution in [0.5, 0.6) is 0 Å². The molecule has 0 atom stereocenters. The fourth-order valence-electron chi connectivity index (χ4n) is 2.07. The summed E-state index contributed by atoms with van der Waals surface area (Å²) in [5.41, 5.74) is -0.390. The molecule has 3 N–H and O–H groups in total. The van der Waals surface area contributed by atoms with Crippen LogP contribution in [0.15, 0.2) is 5.38 Å². The quantitative estimate of drug-likeness (QED) is 0.630. The number of thiazole rings is 1. The number of carbonyl (C=O) groups is 3. The van der Waals surface area contributed by atoms with Gasteiger partial charge in [0.25, 0.3) is 0 Å². The number of rotatable bonds is 9. The van der Waals surface area contributed by atoms with Gasteiger partial charge in [0.05, 0.1) is 17.5 Å². The van der Waals surface area contributed by atoms with Crippen molar-refractivity contribution in [2.75, 3.05) is 11.9 Å². The fourth-order valence-corrected chi connectivity index (χ4v) is 2.78. The van der Waals surface area contributed by atoms with Crippen molar-refractivity contribution in [1.82, 2.24) is 10.3 Å². The van der Waals surface area contributed by atoms with Gasteiger partial charge in [-0.15, -0.1) is 11.3 Å². The monoisotopic (exact) mass is 355 g/mol. The van der Waals surface area contributed by atoms with Gasteiger partial charge in [0.2, 0.25) is 11.8 Å². The molecule has 0 aliphatic rings. The van der Waals surface area contributed by atoms with Gasteiger partial charge >= 0.3 is 5.97 Å². The summed E-state index contributed by atoms with van der Waals surface area (Å²) >= 11 is 1.26. The summed E-state index contributed by atoms with van der Waals surface area (Å²) in [6.45, 7) is 7.26. The van der Waals surface area contributed by atoms with E-state index >= 15 is 0 Å². The van der Waals surface area contributed by atoms with Gasteiger partial charge in [0.1, 0.15) is 0 Å². The lowest BCUT2D eigenvalue weighted by molar-refractivity contribution is -0.149. The lowest BCUT2D eigenvalue weighted by Crippen LogP contribution is -2.42. The van der Waals surface area contributed by atoms with Crippen molar-refractivity contribution >= 4 is 34.3 Å². The Balaban J connectivity index is 2.58. The Labute approximate surface area is 145 Å². The molecule has 8 heteroatoms. The van der Waals surface area contributed by atoms with E-state index in [9.17, 15) is 19.5 Å². The zero-order chi connectivity index (χ0) is 18.3. The van der Waals surface area contributed by atoms with Gasteiger partial charge in [-0.2, -0.15) is 0 Å². The smallest absolute Gasteiger partial charge is 0.311 e. The van der Waals surface area contributed by atoms with Crippen LogP contribution in [0.2, 0.25) is 0 Å². The molecule has 0 aliphatic carbocycles. The molecule has 2 amide bonds. The van der Waals surface area contributed by atoms with Crippen molar-refractivity contribution in [2.24, 2.45) is 11.3 Å². The van der Waals surface area contributed by atoms with Crippen molar-refractivity contribution in [2.45, 2.75) is 47.0 Å². The van der Waals surface area contributed by atoms with E-state index in [0.717, 1.165) is 0 Å². The maximum absolute atomic E-state index is 12.0. The van der Waals surface area contributed by atoms with E-state index in [-0.39, 0.29) is 30.7 Å². The van der Waals surface area contributed by atoms with Gasteiger partial charge < -0.3 is 15.7 Å². The van der Waals surface area contributed by atoms with Gasteiger partial charge in [0.15, 0.2) is 5.13 Å². The SMILES string of the molecule is CCC(CC)(CNC(=O)Cc1csc(NC(=O)C(C)C)n1)C(=O)O. The Kier molecular flexibility index (Phi) is 7.34. The number of anilines is 1. The van der Waals surface area contributed by atoms with Crippen LogP contribution in [-0.2, 0) is 20.8 Å². The summed E-state index contributed by atoms with van der Waals surface area (Å²) < 4.78 is 0. The first-order valence-corrected chi connectivity index (χ1v) is 8.87. The van der Waals surface area contributed by atoms with Crippen molar-refractivity contribution in [3.05, 3.63) is 11.1 Å². The number of aliphatic carboxylic acids is 1. The predicted octanol–water partition coefficient (Wildman–Crippen LogP) is 2.29. The number of hydrogen-bond acceptors (Lipinski definition) is 5. The van der Waals surface area contributed by atoms with Crippen LogP contribution in [0.1, 0.15) is 46.2 Å². The highest BCUT2D eigenvalue weighted by atomic mass is 32.1. The highest BCUT2D eigenvalue weighted by molar-refractivity contribution is 7.13. The average molecular weight is 355 g/mol. The van der Waals surface area contributed by atoms with E-state index in [1.165, 1.54) is 11.3 Å². The first-order valence-electron chi connectivity index (χ1n) is 7.99. The zero-order valence-corrected chi connectivity index (χ0v) is 15.3.